The van der Waals surface area contributed by atoms with Crippen molar-refractivity contribution in [3.05, 3.63) is 23.9 Å². The predicted octanol–water partition coefficient (Wildman–Crippen LogP) is 0.123. The molecule has 0 bridgehead atoms. The Labute approximate surface area is 100 Å². The molecule has 2 heterocycles. The molecule has 0 saturated heterocycles. The fourth-order valence-corrected chi connectivity index (χ4v) is 2.64. The van der Waals surface area contributed by atoms with Crippen LogP contribution in [0.2, 0.25) is 0 Å². The van der Waals surface area contributed by atoms with Gasteiger partial charge >= 0.3 is 5.97 Å². The third kappa shape index (κ3) is 2.05. The van der Waals surface area contributed by atoms with E-state index in [9.17, 15) is 13.8 Å². The number of carbonyl (C=O) groups excluding carboxylic acids is 2. The van der Waals surface area contributed by atoms with Crippen molar-refractivity contribution in [3.63, 3.8) is 0 Å². The molecule has 2 rings (SSSR count). The van der Waals surface area contributed by atoms with Gasteiger partial charge in [-0.25, -0.2) is 13.5 Å². The molecular weight excluding hydrogens is 244 g/mol. The highest BCUT2D eigenvalue weighted by Gasteiger charge is 2.37. The number of esters is 1. The van der Waals surface area contributed by atoms with Gasteiger partial charge in [0.25, 0.3) is 5.91 Å². The van der Waals surface area contributed by atoms with Crippen LogP contribution in [0.5, 0.6) is 0 Å². The minimum Gasteiger partial charge on any atom is -0.465 e. The second-order valence-electron chi connectivity index (χ2n) is 3.25. The summed E-state index contributed by atoms with van der Waals surface area (Å²) >= 11 is 0. The lowest BCUT2D eigenvalue weighted by atomic mass is 10.3. The first-order valence-electron chi connectivity index (χ1n) is 4.99. The van der Waals surface area contributed by atoms with Crippen LogP contribution in [0.15, 0.2) is 23.4 Å². The van der Waals surface area contributed by atoms with Gasteiger partial charge in [0.2, 0.25) is 0 Å². The molecule has 7 heteroatoms. The van der Waals surface area contributed by atoms with Gasteiger partial charge in [-0.3, -0.25) is 9.59 Å². The highest BCUT2D eigenvalue weighted by atomic mass is 32.2. The summed E-state index contributed by atoms with van der Waals surface area (Å²) < 4.78 is 17.6. The van der Waals surface area contributed by atoms with Crippen molar-refractivity contribution >= 4 is 22.9 Å². The molecule has 1 aliphatic rings. The molecule has 0 fully saturated rings. The molecule has 1 aromatic rings. The van der Waals surface area contributed by atoms with Crippen molar-refractivity contribution in [1.82, 2.24) is 9.29 Å². The Kier molecular flexibility index (Phi) is 3.19. The standard InChI is InChI=1S/C10H10N2O4S/c1-2-16-8(13)6-12-10(14)7-4-3-5-11-9(7)17(12)15/h3-5H,2,6H2,1H3. The first-order chi connectivity index (χ1) is 8.15. The van der Waals surface area contributed by atoms with Gasteiger partial charge in [0.05, 0.1) is 12.2 Å². The third-order valence-electron chi connectivity index (χ3n) is 2.17. The maximum atomic E-state index is 11.9. The summed E-state index contributed by atoms with van der Waals surface area (Å²) in [5, 5.41) is 0.196. The lowest BCUT2D eigenvalue weighted by molar-refractivity contribution is -0.142. The van der Waals surface area contributed by atoms with E-state index in [2.05, 4.69) is 4.98 Å². The minimum absolute atomic E-state index is 0.196. The fraction of sp³-hybridized carbons (Fsp3) is 0.300. The quantitative estimate of drug-likeness (QED) is 0.716. The van der Waals surface area contributed by atoms with Gasteiger partial charge in [-0.1, -0.05) is 0 Å². The van der Waals surface area contributed by atoms with Gasteiger partial charge in [-0.05, 0) is 19.1 Å². The van der Waals surface area contributed by atoms with E-state index >= 15 is 0 Å². The molecule has 0 saturated carbocycles. The Hall–Kier alpha value is -1.76. The van der Waals surface area contributed by atoms with Crippen LogP contribution in [-0.4, -0.2) is 38.5 Å². The van der Waals surface area contributed by atoms with Gasteiger partial charge in [0, 0.05) is 6.20 Å². The number of aromatic nitrogens is 1. The number of hydrogen-bond acceptors (Lipinski definition) is 5. The van der Waals surface area contributed by atoms with Gasteiger partial charge in [0.1, 0.15) is 6.54 Å². The minimum atomic E-state index is -1.72. The lowest BCUT2D eigenvalue weighted by Gasteiger charge is -2.11. The van der Waals surface area contributed by atoms with E-state index < -0.39 is 22.9 Å². The van der Waals surface area contributed by atoms with Crippen LogP contribution in [0.4, 0.5) is 0 Å². The van der Waals surface area contributed by atoms with Crippen molar-refractivity contribution in [1.29, 1.82) is 0 Å². The number of nitrogens with zero attached hydrogens (tertiary/aromatic N) is 2. The predicted molar refractivity (Wildman–Crippen MR) is 58.3 cm³/mol. The van der Waals surface area contributed by atoms with Crippen LogP contribution in [0.3, 0.4) is 0 Å². The van der Waals surface area contributed by atoms with Crippen LogP contribution in [0, 0.1) is 0 Å². The Morgan fingerprint density at radius 3 is 3.00 bits per heavy atom. The molecule has 1 unspecified atom stereocenters. The van der Waals surface area contributed by atoms with Gasteiger partial charge in [0.15, 0.2) is 16.0 Å². The largest absolute Gasteiger partial charge is 0.465 e. The summed E-state index contributed by atoms with van der Waals surface area (Å²) in [7, 11) is -1.72. The molecule has 1 amide bonds. The third-order valence-corrected chi connectivity index (χ3v) is 3.52. The maximum Gasteiger partial charge on any atom is 0.326 e. The zero-order valence-corrected chi connectivity index (χ0v) is 9.90. The van der Waals surface area contributed by atoms with Crippen LogP contribution in [0.25, 0.3) is 0 Å². The molecule has 0 N–H and O–H groups in total. The Balaban J connectivity index is 2.22. The molecule has 0 aliphatic carbocycles. The summed E-state index contributed by atoms with van der Waals surface area (Å²) in [6.45, 7) is 1.56. The highest BCUT2D eigenvalue weighted by molar-refractivity contribution is 7.83. The van der Waals surface area contributed by atoms with Crippen LogP contribution >= 0.6 is 0 Å². The van der Waals surface area contributed by atoms with Crippen molar-refractivity contribution in [3.8, 4) is 0 Å². The van der Waals surface area contributed by atoms with E-state index in [4.69, 9.17) is 4.74 Å². The fourth-order valence-electron chi connectivity index (χ4n) is 1.46. The van der Waals surface area contributed by atoms with E-state index in [1.165, 1.54) is 12.3 Å². The summed E-state index contributed by atoms with van der Waals surface area (Å²) in [6.07, 6.45) is 1.46. The average Bonchev–Trinajstić information content (AvgIpc) is 2.56. The maximum absolute atomic E-state index is 11.9. The Morgan fingerprint density at radius 2 is 2.35 bits per heavy atom. The van der Waals surface area contributed by atoms with Crippen LogP contribution in [-0.2, 0) is 20.5 Å². The number of hydrogen-bond donors (Lipinski definition) is 0. The number of carbonyl (C=O) groups is 2. The monoisotopic (exact) mass is 254 g/mol. The number of pyridine rings is 1. The van der Waals surface area contributed by atoms with E-state index in [0.717, 1.165) is 4.31 Å². The summed E-state index contributed by atoms with van der Waals surface area (Å²) in [4.78, 5) is 27.0. The van der Waals surface area contributed by atoms with E-state index in [0.29, 0.717) is 0 Å². The normalized spacial score (nSPS) is 18.1. The van der Waals surface area contributed by atoms with Crippen molar-refractivity contribution < 1.29 is 18.5 Å². The average molecular weight is 254 g/mol. The van der Waals surface area contributed by atoms with E-state index in [1.807, 2.05) is 0 Å². The zero-order chi connectivity index (χ0) is 12.4. The summed E-state index contributed by atoms with van der Waals surface area (Å²) in [5.41, 5.74) is 0.273. The van der Waals surface area contributed by atoms with Crippen molar-refractivity contribution in [2.75, 3.05) is 13.2 Å². The molecule has 0 spiro atoms. The second-order valence-corrected chi connectivity index (χ2v) is 4.58. The second kappa shape index (κ2) is 4.62. The first-order valence-corrected chi connectivity index (χ1v) is 6.10. The number of fused-ring (bicyclic) bond motifs is 1. The van der Waals surface area contributed by atoms with Crippen molar-refractivity contribution in [2.24, 2.45) is 0 Å². The molecule has 17 heavy (non-hydrogen) atoms. The number of amides is 1. The molecule has 1 aliphatic heterocycles. The topological polar surface area (TPSA) is 76.6 Å². The van der Waals surface area contributed by atoms with Gasteiger partial charge in [-0.15, -0.1) is 0 Å². The Bertz CT molecular complexity index is 468. The van der Waals surface area contributed by atoms with Crippen LogP contribution < -0.4 is 0 Å². The first kappa shape index (κ1) is 11.7. The van der Waals surface area contributed by atoms with E-state index in [1.54, 1.807) is 13.0 Å². The van der Waals surface area contributed by atoms with Crippen molar-refractivity contribution in [2.45, 2.75) is 11.9 Å². The Morgan fingerprint density at radius 1 is 1.59 bits per heavy atom. The lowest BCUT2D eigenvalue weighted by Crippen LogP contribution is -2.33. The highest BCUT2D eigenvalue weighted by Crippen LogP contribution is 2.24. The number of ether oxygens (including phenoxy) is 1. The zero-order valence-electron chi connectivity index (χ0n) is 9.08. The van der Waals surface area contributed by atoms with E-state index in [-0.39, 0.29) is 23.7 Å². The summed E-state index contributed by atoms with van der Waals surface area (Å²) in [5.74, 6) is -1.04. The smallest absolute Gasteiger partial charge is 0.326 e. The number of rotatable bonds is 3. The molecule has 0 aromatic carbocycles. The molecule has 1 aromatic heterocycles. The summed E-state index contributed by atoms with van der Waals surface area (Å²) in [6, 6.07) is 3.12. The molecular formula is C10H10N2O4S. The van der Waals surface area contributed by atoms with Gasteiger partial charge < -0.3 is 4.74 Å². The molecule has 1 atom stereocenters. The molecule has 6 nitrogen and oxygen atoms in total. The SMILES string of the molecule is CCOC(=O)CN1C(=O)c2cccnc2S1=O. The molecule has 0 radical (unpaired) electrons. The van der Waals surface area contributed by atoms with Crippen LogP contribution in [0.1, 0.15) is 17.3 Å². The molecule has 90 valence electrons. The van der Waals surface area contributed by atoms with Gasteiger partial charge in [-0.2, -0.15) is 0 Å².